The number of ether oxygens (including phenoxy) is 3. The standard InChI is InChI=1S/C29H40F2N6O3.C25H35N7O3.C24H33N7O3/c1-19(18-40-28(30)31)13-26-32-16-25-23(14-24(37(25)34-26)20-7-9-22(38)10-8-20)21-15-33-36(17-21)29(2,3)27(39)35-11-5-4-6-12-35;1-16(15-35-3)28-25-26-11-23-21(9-22(32(23)29-25)18-4-6-20(33)7-5-18)19-10-27-31(14-19)13-17-8-24(34)30(2)12-17;1-15(14-34-3)27-24-25-12-22-19(10-21(31(22)28-24)16-4-6-18(32)7-5-16)17-11-26-30(13-17)20-8-9-29(2)23(20)33/h14-17,19-20,22,28,38H,4-13,18H2,1-3H3;9-11,14,16-18,20,33H,4-8,12-13,15H2,1-3H3,(H,28,29);10-13,15-16,18,20,32H,4-9,14H2,1-3H3,(H,27,28)/t19-,20?,22?;16-,17?,18?,20?;15-,16?,18?,20?/m100/s1. The van der Waals surface area contributed by atoms with Gasteiger partial charge in [0.15, 0.2) is 0 Å². The van der Waals surface area contributed by atoms with Gasteiger partial charge in [0.2, 0.25) is 29.6 Å². The number of carbonyl (C=O) groups excluding carboxylic acids is 3. The van der Waals surface area contributed by atoms with Crippen LogP contribution in [-0.4, -0.2) is 232 Å². The van der Waals surface area contributed by atoms with Crippen LogP contribution in [0.15, 0.2) is 74.0 Å². The Morgan fingerprint density at radius 2 is 1.07 bits per heavy atom. The molecular weight excluding hydrogens is 1400 g/mol. The maximum Gasteiger partial charge on any atom is 0.345 e. The van der Waals surface area contributed by atoms with E-state index in [9.17, 15) is 38.5 Å². The Morgan fingerprint density at radius 3 is 1.56 bits per heavy atom. The molecule has 29 nitrogen and oxygen atoms in total. The Hall–Kier alpha value is -8.88. The minimum Gasteiger partial charge on any atom is -0.393 e. The molecule has 5 N–H and O–H groups in total. The summed E-state index contributed by atoms with van der Waals surface area (Å²) in [7, 11) is 7.04. The molecule has 588 valence electrons. The van der Waals surface area contributed by atoms with Crippen LogP contribution >= 0.6 is 0 Å². The highest BCUT2D eigenvalue weighted by atomic mass is 19.3. The van der Waals surface area contributed by atoms with E-state index < -0.39 is 12.2 Å². The number of carbonyl (C=O) groups is 3. The second-order valence-electron chi connectivity index (χ2n) is 31.8. The molecule has 2 unspecified atom stereocenters. The fourth-order valence-corrected chi connectivity index (χ4v) is 16.6. The van der Waals surface area contributed by atoms with E-state index in [1.165, 1.54) is 0 Å². The number of halogens is 2. The van der Waals surface area contributed by atoms with E-state index in [1.54, 1.807) is 45.8 Å². The van der Waals surface area contributed by atoms with Crippen LogP contribution in [0.2, 0.25) is 0 Å². The van der Waals surface area contributed by atoms with Gasteiger partial charge in [-0.25, -0.2) is 28.5 Å². The number of hydrogen-bond acceptors (Lipinski definition) is 20. The molecule has 9 aromatic rings. The molecule has 6 fully saturated rings. The summed E-state index contributed by atoms with van der Waals surface area (Å²) in [6.07, 6.45) is 31.2. The van der Waals surface area contributed by atoms with Gasteiger partial charge in [-0.3, -0.25) is 28.4 Å². The van der Waals surface area contributed by atoms with E-state index in [2.05, 4.69) is 70.0 Å². The second-order valence-corrected chi connectivity index (χ2v) is 31.8. The number of likely N-dealkylation sites (N-methyl/N-ethyl adjacent to an activating group) is 1. The molecule has 6 aliphatic rings. The van der Waals surface area contributed by atoms with Gasteiger partial charge in [-0.1, -0.05) is 6.92 Å². The predicted octanol–water partition coefficient (Wildman–Crippen LogP) is 9.77. The van der Waals surface area contributed by atoms with Crippen molar-refractivity contribution in [2.45, 2.75) is 223 Å². The Kier molecular flexibility index (Phi) is 24.8. The molecule has 0 aromatic carbocycles. The molecule has 109 heavy (non-hydrogen) atoms. The lowest BCUT2D eigenvalue weighted by Gasteiger charge is -2.34. The van der Waals surface area contributed by atoms with Crippen molar-refractivity contribution in [1.82, 2.24) is 87.8 Å². The number of nitrogens with zero attached hydrogens (tertiary/aromatic N) is 18. The summed E-state index contributed by atoms with van der Waals surface area (Å²) in [5.41, 5.74) is 10.9. The molecule has 3 aliphatic heterocycles. The number of fused-ring (bicyclic) bond motifs is 3. The topological polar surface area (TPSA) is 317 Å². The number of aliphatic hydroxyl groups excluding tert-OH is 3. The Labute approximate surface area is 634 Å². The summed E-state index contributed by atoms with van der Waals surface area (Å²) in [6.45, 7) is 11.8. The van der Waals surface area contributed by atoms with Crippen LogP contribution in [0.25, 0.3) is 49.9 Å². The van der Waals surface area contributed by atoms with Crippen molar-refractivity contribution in [3.05, 3.63) is 96.9 Å². The number of anilines is 2. The zero-order valence-electron chi connectivity index (χ0n) is 64.3. The van der Waals surface area contributed by atoms with E-state index in [-0.39, 0.29) is 78.5 Å². The molecule has 9 aromatic heterocycles. The SMILES string of the molecule is COC[C@H](C)Nc1ncc2c(-c3cnn(C4CCN(C)C4=O)c3)cc(C3CCC(O)CC3)n2n1.COC[C@H](C)Nc1ncc2c(-c3cnn(CC4CC(=O)N(C)C4)c3)cc(C3CCC(O)CC3)n2n1.C[C@@H](COC(F)F)Cc1ncc2c(-c3cnn(C(C)(C)C(=O)N4CCCCC4)c3)cc(C3CCC(O)CC3)n2n1. The summed E-state index contributed by atoms with van der Waals surface area (Å²) in [6, 6.07) is 6.43. The van der Waals surface area contributed by atoms with Gasteiger partial charge in [0.05, 0.1) is 91.9 Å². The number of aromatic nitrogens is 15. The van der Waals surface area contributed by atoms with Gasteiger partial charge < -0.3 is 54.9 Å². The van der Waals surface area contributed by atoms with Gasteiger partial charge >= 0.3 is 6.61 Å². The zero-order chi connectivity index (χ0) is 76.8. The van der Waals surface area contributed by atoms with E-state index in [1.807, 2.05) is 109 Å². The van der Waals surface area contributed by atoms with Crippen molar-refractivity contribution in [1.29, 1.82) is 0 Å². The molecule has 31 heteroatoms. The van der Waals surface area contributed by atoms with Crippen LogP contribution in [0, 0.1) is 11.8 Å². The van der Waals surface area contributed by atoms with Gasteiger partial charge in [-0.15, -0.1) is 10.2 Å². The number of piperidine rings is 1. The van der Waals surface area contributed by atoms with Crippen molar-refractivity contribution in [3.63, 3.8) is 0 Å². The van der Waals surface area contributed by atoms with E-state index in [4.69, 9.17) is 24.8 Å². The second kappa shape index (κ2) is 34.6. The third-order valence-electron chi connectivity index (χ3n) is 22.7. The minimum atomic E-state index is -2.80. The van der Waals surface area contributed by atoms with Crippen LogP contribution < -0.4 is 10.6 Å². The van der Waals surface area contributed by atoms with Crippen molar-refractivity contribution in [3.8, 4) is 33.4 Å². The highest BCUT2D eigenvalue weighted by Gasteiger charge is 2.38. The lowest BCUT2D eigenvalue weighted by molar-refractivity contribution is -0.140. The lowest BCUT2D eigenvalue weighted by atomic mass is 9.85. The van der Waals surface area contributed by atoms with Crippen LogP contribution in [0.4, 0.5) is 20.7 Å². The average molecular weight is 1510 g/mol. The third kappa shape index (κ3) is 18.1. The molecule has 3 aliphatic carbocycles. The number of methoxy groups -OCH3 is 2. The average Bonchev–Trinajstić information content (AvgIpc) is 1.60. The number of alkyl halides is 2. The van der Waals surface area contributed by atoms with Crippen molar-refractivity contribution >= 4 is 46.2 Å². The summed E-state index contributed by atoms with van der Waals surface area (Å²) in [4.78, 5) is 57.0. The molecular formula is C78H108F2N20O9. The van der Waals surface area contributed by atoms with Gasteiger partial charge in [0.25, 0.3) is 0 Å². The fourth-order valence-electron chi connectivity index (χ4n) is 16.6. The smallest absolute Gasteiger partial charge is 0.345 e. The molecule has 3 saturated heterocycles. The maximum atomic E-state index is 13.4. The van der Waals surface area contributed by atoms with E-state index in [0.717, 1.165) is 202 Å². The molecule has 0 spiro atoms. The maximum absolute atomic E-state index is 13.4. The predicted molar refractivity (Wildman–Crippen MR) is 406 cm³/mol. The van der Waals surface area contributed by atoms with Gasteiger partial charge in [0.1, 0.15) is 17.4 Å². The highest BCUT2D eigenvalue weighted by molar-refractivity contribution is 5.86. The Morgan fingerprint density at radius 1 is 0.587 bits per heavy atom. The highest BCUT2D eigenvalue weighted by Crippen LogP contribution is 2.42. The van der Waals surface area contributed by atoms with Crippen molar-refractivity contribution in [2.24, 2.45) is 11.8 Å². The van der Waals surface area contributed by atoms with Gasteiger partial charge in [-0.05, 0) is 155 Å². The summed E-state index contributed by atoms with van der Waals surface area (Å²) >= 11 is 0. The largest absolute Gasteiger partial charge is 0.393 e. The number of hydrogen-bond donors (Lipinski definition) is 5. The number of amides is 3. The van der Waals surface area contributed by atoms with Crippen LogP contribution in [0.1, 0.15) is 190 Å². The number of nitrogens with one attached hydrogen (secondary N) is 2. The summed E-state index contributed by atoms with van der Waals surface area (Å²) in [5, 5.41) is 65.0. The van der Waals surface area contributed by atoms with Crippen molar-refractivity contribution < 1.29 is 52.7 Å². The van der Waals surface area contributed by atoms with Gasteiger partial charge in [0, 0.05) is 179 Å². The molecule has 3 amide bonds. The Balaban J connectivity index is 0.000000144. The lowest BCUT2D eigenvalue weighted by Crippen LogP contribution is -2.48. The minimum absolute atomic E-state index is 0.0722. The summed E-state index contributed by atoms with van der Waals surface area (Å²) < 4.78 is 51.3. The quantitative estimate of drug-likeness (QED) is 0.0376. The van der Waals surface area contributed by atoms with E-state index >= 15 is 0 Å². The van der Waals surface area contributed by atoms with Crippen LogP contribution in [0.3, 0.4) is 0 Å². The van der Waals surface area contributed by atoms with Gasteiger partial charge in [-0.2, -0.15) is 29.2 Å². The molecule has 0 radical (unpaired) electrons. The third-order valence-corrected chi connectivity index (χ3v) is 22.7. The first-order valence-corrected chi connectivity index (χ1v) is 39.0. The molecule has 0 bridgehead atoms. The van der Waals surface area contributed by atoms with E-state index in [0.29, 0.717) is 55.6 Å². The fraction of sp³-hybridized carbons (Fsp3) is 0.615. The molecule has 12 heterocycles. The number of rotatable bonds is 24. The van der Waals surface area contributed by atoms with Crippen molar-refractivity contribution in [2.75, 3.05) is 84.9 Å². The van der Waals surface area contributed by atoms with Crippen LogP contribution in [0.5, 0.6) is 0 Å². The number of likely N-dealkylation sites (tertiary alicyclic amines) is 3. The number of aliphatic hydroxyl groups is 3. The Bertz CT molecular complexity index is 4550. The molecule has 5 atom stereocenters. The normalized spacial score (nSPS) is 23.0. The first-order chi connectivity index (χ1) is 52.5. The molecule has 3 saturated carbocycles. The first-order valence-electron chi connectivity index (χ1n) is 39.0. The summed E-state index contributed by atoms with van der Waals surface area (Å²) in [5.74, 6) is 3.00. The first kappa shape index (κ1) is 78.2. The van der Waals surface area contributed by atoms with Crippen LogP contribution in [-0.2, 0) is 47.1 Å². The molecule has 15 rings (SSSR count). The monoisotopic (exact) mass is 1510 g/mol. The zero-order valence-corrected chi connectivity index (χ0v) is 64.3.